The van der Waals surface area contributed by atoms with E-state index < -0.39 is 9.84 Å². The van der Waals surface area contributed by atoms with Crippen LogP contribution in [0.15, 0.2) is 0 Å². The van der Waals surface area contributed by atoms with Crippen LogP contribution in [0.1, 0.15) is 6.42 Å². The highest BCUT2D eigenvalue weighted by molar-refractivity contribution is 7.91. The van der Waals surface area contributed by atoms with Crippen molar-refractivity contribution in [3.05, 3.63) is 0 Å². The minimum Gasteiger partial charge on any atom is -0.330 e. The molecule has 0 aromatic heterocycles. The predicted octanol–water partition coefficient (Wildman–Crippen LogP) is -1.29. The molecule has 10 heavy (non-hydrogen) atoms. The van der Waals surface area contributed by atoms with Crippen molar-refractivity contribution in [3.8, 4) is 0 Å². The van der Waals surface area contributed by atoms with E-state index in [4.69, 9.17) is 11.5 Å². The van der Waals surface area contributed by atoms with Gasteiger partial charge in [-0.3, -0.25) is 0 Å². The summed E-state index contributed by atoms with van der Waals surface area (Å²) in [6, 6.07) is 0. The van der Waals surface area contributed by atoms with E-state index in [0.29, 0.717) is 13.0 Å². The molecule has 0 aliphatic heterocycles. The third-order valence-electron chi connectivity index (χ3n) is 1.09. The summed E-state index contributed by atoms with van der Waals surface area (Å²) in [5, 5.41) is 0. The summed E-state index contributed by atoms with van der Waals surface area (Å²) < 4.78 is 21.7. The van der Waals surface area contributed by atoms with Crippen LogP contribution in [-0.4, -0.2) is 33.0 Å². The zero-order valence-corrected chi connectivity index (χ0v) is 6.73. The van der Waals surface area contributed by atoms with Crippen LogP contribution in [0.25, 0.3) is 0 Å². The molecule has 0 fully saturated rings. The van der Waals surface area contributed by atoms with Gasteiger partial charge in [-0.15, -0.1) is 0 Å². The quantitative estimate of drug-likeness (QED) is 0.532. The number of sulfone groups is 1. The summed E-state index contributed by atoms with van der Waals surface area (Å²) in [6.07, 6.45) is 0.530. The summed E-state index contributed by atoms with van der Waals surface area (Å²) in [5.41, 5.74) is 10.2. The molecule has 0 amide bonds. The molecule has 0 heterocycles. The summed E-state index contributed by atoms with van der Waals surface area (Å²) >= 11 is 0. The van der Waals surface area contributed by atoms with Crippen molar-refractivity contribution < 1.29 is 8.42 Å². The zero-order valence-electron chi connectivity index (χ0n) is 5.91. The van der Waals surface area contributed by atoms with Gasteiger partial charge in [0.1, 0.15) is 0 Å². The maximum atomic E-state index is 10.9. The molecule has 0 radical (unpaired) electrons. The summed E-state index contributed by atoms with van der Waals surface area (Å²) in [6.45, 7) is 0.622. The van der Waals surface area contributed by atoms with Gasteiger partial charge in [0, 0.05) is 6.54 Å². The van der Waals surface area contributed by atoms with Crippen LogP contribution in [0, 0.1) is 0 Å². The molecule has 0 atom stereocenters. The van der Waals surface area contributed by atoms with Crippen LogP contribution in [0.4, 0.5) is 0 Å². The van der Waals surface area contributed by atoms with Gasteiger partial charge >= 0.3 is 0 Å². The standard InChI is InChI=1S/C5H14N2O2S/c6-2-1-4-10(8,9)5-3-7/h1-7H2. The van der Waals surface area contributed by atoms with Crippen LogP contribution in [-0.2, 0) is 9.84 Å². The fourth-order valence-electron chi connectivity index (χ4n) is 0.585. The van der Waals surface area contributed by atoms with E-state index >= 15 is 0 Å². The van der Waals surface area contributed by atoms with E-state index in [1.165, 1.54) is 0 Å². The molecule has 0 saturated heterocycles. The number of nitrogens with two attached hydrogens (primary N) is 2. The molecule has 4 N–H and O–H groups in total. The molecule has 0 saturated carbocycles. The summed E-state index contributed by atoms with van der Waals surface area (Å²) in [4.78, 5) is 0. The number of hydrogen-bond acceptors (Lipinski definition) is 4. The van der Waals surface area contributed by atoms with E-state index in [1.807, 2.05) is 0 Å². The number of rotatable bonds is 5. The van der Waals surface area contributed by atoms with Crippen LogP contribution < -0.4 is 11.5 Å². The van der Waals surface area contributed by atoms with Gasteiger partial charge in [-0.25, -0.2) is 8.42 Å². The molecule has 0 aromatic carbocycles. The van der Waals surface area contributed by atoms with E-state index in [0.717, 1.165) is 0 Å². The molecular formula is C5H14N2O2S. The Labute approximate surface area is 61.5 Å². The molecule has 0 aliphatic carbocycles. The first kappa shape index (κ1) is 9.87. The first-order chi connectivity index (χ1) is 4.62. The summed E-state index contributed by atoms with van der Waals surface area (Å²) in [5.74, 6) is 0.244. The first-order valence-electron chi connectivity index (χ1n) is 3.23. The first-order valence-corrected chi connectivity index (χ1v) is 5.05. The maximum Gasteiger partial charge on any atom is 0.151 e. The molecular weight excluding hydrogens is 152 g/mol. The van der Waals surface area contributed by atoms with Crippen molar-refractivity contribution in [2.45, 2.75) is 6.42 Å². The van der Waals surface area contributed by atoms with E-state index in [2.05, 4.69) is 0 Å². The SMILES string of the molecule is NCCCS(=O)(=O)CCN. The van der Waals surface area contributed by atoms with Gasteiger partial charge < -0.3 is 11.5 Å². The van der Waals surface area contributed by atoms with Gasteiger partial charge in [-0.1, -0.05) is 0 Å². The Hall–Kier alpha value is -0.130. The minimum absolute atomic E-state index is 0.0764. The summed E-state index contributed by atoms with van der Waals surface area (Å²) in [7, 11) is -2.90. The maximum absolute atomic E-state index is 10.9. The Morgan fingerprint density at radius 3 is 2.00 bits per heavy atom. The zero-order chi connectivity index (χ0) is 8.04. The van der Waals surface area contributed by atoms with Crippen molar-refractivity contribution in [1.82, 2.24) is 0 Å². The lowest BCUT2D eigenvalue weighted by atomic mass is 10.5. The third-order valence-corrected chi connectivity index (χ3v) is 2.86. The molecule has 0 bridgehead atoms. The van der Waals surface area contributed by atoms with Gasteiger partial charge in [0.15, 0.2) is 9.84 Å². The molecule has 4 nitrogen and oxygen atoms in total. The Morgan fingerprint density at radius 1 is 1.00 bits per heavy atom. The van der Waals surface area contributed by atoms with E-state index in [-0.39, 0.29) is 18.1 Å². The van der Waals surface area contributed by atoms with Crippen LogP contribution >= 0.6 is 0 Å². The molecule has 0 aromatic rings. The number of hydrogen-bond donors (Lipinski definition) is 2. The van der Waals surface area contributed by atoms with Gasteiger partial charge in [0.2, 0.25) is 0 Å². The fraction of sp³-hybridized carbons (Fsp3) is 1.00. The second kappa shape index (κ2) is 4.65. The monoisotopic (exact) mass is 166 g/mol. The minimum atomic E-state index is -2.90. The lowest BCUT2D eigenvalue weighted by Gasteiger charge is -1.98. The Balaban J connectivity index is 3.65. The van der Waals surface area contributed by atoms with Crippen molar-refractivity contribution in [1.29, 1.82) is 0 Å². The highest BCUT2D eigenvalue weighted by atomic mass is 32.2. The van der Waals surface area contributed by atoms with E-state index in [9.17, 15) is 8.42 Å². The second-order valence-corrected chi connectivity index (χ2v) is 4.39. The lowest BCUT2D eigenvalue weighted by molar-refractivity contribution is 0.593. The average Bonchev–Trinajstić information content (AvgIpc) is 1.84. The van der Waals surface area contributed by atoms with Gasteiger partial charge in [0.05, 0.1) is 11.5 Å². The van der Waals surface area contributed by atoms with Crippen LogP contribution in [0.2, 0.25) is 0 Å². The Bertz CT molecular complexity index is 164. The Morgan fingerprint density at radius 2 is 1.60 bits per heavy atom. The van der Waals surface area contributed by atoms with Crippen LogP contribution in [0.3, 0.4) is 0 Å². The van der Waals surface area contributed by atoms with Gasteiger partial charge in [0.25, 0.3) is 0 Å². The molecule has 0 spiro atoms. The Kier molecular flexibility index (Phi) is 4.59. The molecule has 0 rings (SSSR count). The second-order valence-electron chi connectivity index (χ2n) is 2.08. The third kappa shape index (κ3) is 4.72. The smallest absolute Gasteiger partial charge is 0.151 e. The van der Waals surface area contributed by atoms with Crippen molar-refractivity contribution in [2.24, 2.45) is 11.5 Å². The van der Waals surface area contributed by atoms with Crippen molar-refractivity contribution >= 4 is 9.84 Å². The lowest BCUT2D eigenvalue weighted by Crippen LogP contribution is -2.20. The predicted molar refractivity (Wildman–Crippen MR) is 41.4 cm³/mol. The molecule has 62 valence electrons. The highest BCUT2D eigenvalue weighted by Crippen LogP contribution is 1.90. The fourth-order valence-corrected chi connectivity index (χ4v) is 1.75. The van der Waals surface area contributed by atoms with Crippen molar-refractivity contribution in [3.63, 3.8) is 0 Å². The highest BCUT2D eigenvalue weighted by Gasteiger charge is 2.06. The van der Waals surface area contributed by atoms with Gasteiger partial charge in [-0.2, -0.15) is 0 Å². The molecule has 5 heteroatoms. The van der Waals surface area contributed by atoms with Crippen LogP contribution in [0.5, 0.6) is 0 Å². The molecule has 0 aliphatic rings. The molecule has 0 unspecified atom stereocenters. The van der Waals surface area contributed by atoms with Gasteiger partial charge in [-0.05, 0) is 13.0 Å². The van der Waals surface area contributed by atoms with E-state index in [1.54, 1.807) is 0 Å². The largest absolute Gasteiger partial charge is 0.330 e. The normalized spacial score (nSPS) is 11.8. The topological polar surface area (TPSA) is 86.2 Å². The van der Waals surface area contributed by atoms with Crippen molar-refractivity contribution in [2.75, 3.05) is 24.6 Å². The average molecular weight is 166 g/mol.